The largest absolute Gasteiger partial charge is 0.322 e. The number of hydrogen-bond donors (Lipinski definition) is 1. The lowest BCUT2D eigenvalue weighted by Gasteiger charge is -2.25. The summed E-state index contributed by atoms with van der Waals surface area (Å²) in [6.45, 7) is 7.24. The molecule has 1 aliphatic rings. The van der Waals surface area contributed by atoms with E-state index >= 15 is 0 Å². The van der Waals surface area contributed by atoms with Gasteiger partial charge in [0.05, 0.1) is 6.04 Å². The highest BCUT2D eigenvalue weighted by molar-refractivity contribution is 7.98. The molecule has 3 nitrogen and oxygen atoms in total. The third kappa shape index (κ3) is 4.01. The summed E-state index contributed by atoms with van der Waals surface area (Å²) in [7, 11) is 0. The zero-order valence-electron chi connectivity index (χ0n) is 13.4. The second-order valence-corrected chi connectivity index (χ2v) is 7.01. The first-order valence-corrected chi connectivity index (χ1v) is 8.96. The Balaban J connectivity index is 2.09. The van der Waals surface area contributed by atoms with Gasteiger partial charge >= 0.3 is 0 Å². The fourth-order valence-electron chi connectivity index (χ4n) is 2.75. The summed E-state index contributed by atoms with van der Waals surface area (Å²) in [5.41, 5.74) is 1.18. The highest BCUT2D eigenvalue weighted by atomic mass is 32.2. The maximum Gasteiger partial charge on any atom is 0.241 e. The fourth-order valence-corrected chi connectivity index (χ4v) is 3.15. The number of nitrogens with one attached hydrogen (secondary N) is 1. The van der Waals surface area contributed by atoms with Gasteiger partial charge in [-0.3, -0.25) is 10.1 Å². The standard InChI is InChI=1S/C17H26N2OS/c1-12(2)6-5-11-19-16(18-13(3)17(19)20)14-7-9-15(21-4)10-8-14/h7-10,12-13,16,18H,5-6,11H2,1-4H3. The molecule has 1 aromatic rings. The second-order valence-electron chi connectivity index (χ2n) is 6.13. The fraction of sp³-hybridized carbons (Fsp3) is 0.588. The zero-order chi connectivity index (χ0) is 15.4. The third-order valence-corrected chi connectivity index (χ3v) is 4.73. The Bertz CT molecular complexity index is 472. The summed E-state index contributed by atoms with van der Waals surface area (Å²) in [4.78, 5) is 15.6. The minimum Gasteiger partial charge on any atom is -0.322 e. The first kappa shape index (κ1) is 16.4. The van der Waals surface area contributed by atoms with E-state index in [2.05, 4.69) is 49.7 Å². The van der Waals surface area contributed by atoms with E-state index in [4.69, 9.17) is 0 Å². The van der Waals surface area contributed by atoms with Gasteiger partial charge in [0.2, 0.25) is 5.91 Å². The topological polar surface area (TPSA) is 32.3 Å². The summed E-state index contributed by atoms with van der Waals surface area (Å²) in [5, 5.41) is 3.42. The molecule has 0 bridgehead atoms. The molecule has 2 rings (SSSR count). The van der Waals surface area contributed by atoms with E-state index in [9.17, 15) is 4.79 Å². The van der Waals surface area contributed by atoms with Crippen LogP contribution in [0.15, 0.2) is 29.2 Å². The Morgan fingerprint density at radius 2 is 1.95 bits per heavy atom. The molecule has 1 N–H and O–H groups in total. The summed E-state index contributed by atoms with van der Waals surface area (Å²) >= 11 is 1.74. The molecule has 1 heterocycles. The van der Waals surface area contributed by atoms with Gasteiger partial charge in [-0.05, 0) is 49.6 Å². The normalized spacial score (nSPS) is 22.3. The van der Waals surface area contributed by atoms with Crippen LogP contribution >= 0.6 is 11.8 Å². The molecule has 1 amide bonds. The van der Waals surface area contributed by atoms with Gasteiger partial charge in [-0.25, -0.2) is 0 Å². The molecule has 0 spiro atoms. The lowest BCUT2D eigenvalue weighted by Crippen LogP contribution is -2.31. The number of benzene rings is 1. The van der Waals surface area contributed by atoms with Crippen molar-refractivity contribution in [3.05, 3.63) is 29.8 Å². The average Bonchev–Trinajstić information content (AvgIpc) is 2.75. The molecule has 2 atom stereocenters. The first-order valence-electron chi connectivity index (χ1n) is 7.73. The molecule has 116 valence electrons. The van der Waals surface area contributed by atoms with Gasteiger partial charge in [0.1, 0.15) is 6.17 Å². The van der Waals surface area contributed by atoms with Crippen molar-refractivity contribution in [2.75, 3.05) is 12.8 Å². The van der Waals surface area contributed by atoms with Crippen LogP contribution in [-0.4, -0.2) is 29.6 Å². The van der Waals surface area contributed by atoms with Crippen LogP contribution in [0.2, 0.25) is 0 Å². The van der Waals surface area contributed by atoms with E-state index in [0.717, 1.165) is 19.4 Å². The zero-order valence-corrected chi connectivity index (χ0v) is 14.2. The number of amides is 1. The first-order chi connectivity index (χ1) is 10.0. The summed E-state index contributed by atoms with van der Waals surface area (Å²) in [5.74, 6) is 0.907. The van der Waals surface area contributed by atoms with Gasteiger partial charge in [-0.15, -0.1) is 11.8 Å². The average molecular weight is 306 g/mol. The van der Waals surface area contributed by atoms with Crippen molar-refractivity contribution < 1.29 is 4.79 Å². The lowest BCUT2D eigenvalue weighted by molar-refractivity contribution is -0.129. The number of hydrogen-bond acceptors (Lipinski definition) is 3. The second kappa shape index (κ2) is 7.32. The van der Waals surface area contributed by atoms with Crippen LogP contribution in [0.25, 0.3) is 0 Å². The van der Waals surface area contributed by atoms with Crippen molar-refractivity contribution in [2.45, 2.75) is 50.7 Å². The number of thioether (sulfide) groups is 1. The molecule has 4 heteroatoms. The molecule has 21 heavy (non-hydrogen) atoms. The predicted octanol–water partition coefficient (Wildman–Crippen LogP) is 3.66. The number of carbonyl (C=O) groups is 1. The Labute approximate surface area is 132 Å². The number of rotatable bonds is 6. The van der Waals surface area contributed by atoms with Gasteiger partial charge in [0, 0.05) is 11.4 Å². The van der Waals surface area contributed by atoms with E-state index < -0.39 is 0 Å². The molecule has 0 radical (unpaired) electrons. The molecule has 0 aliphatic carbocycles. The van der Waals surface area contributed by atoms with Crippen LogP contribution in [0, 0.1) is 5.92 Å². The van der Waals surface area contributed by atoms with Crippen molar-refractivity contribution in [1.82, 2.24) is 10.2 Å². The van der Waals surface area contributed by atoms with Gasteiger partial charge < -0.3 is 4.90 Å². The molecule has 2 unspecified atom stereocenters. The van der Waals surface area contributed by atoms with E-state index in [0.29, 0.717) is 5.92 Å². The van der Waals surface area contributed by atoms with Crippen molar-refractivity contribution >= 4 is 17.7 Å². The van der Waals surface area contributed by atoms with E-state index in [1.165, 1.54) is 10.5 Å². The maximum absolute atomic E-state index is 12.3. The van der Waals surface area contributed by atoms with Crippen LogP contribution < -0.4 is 5.32 Å². The monoisotopic (exact) mass is 306 g/mol. The minimum absolute atomic E-state index is 0.0237. The molecule has 0 saturated carbocycles. The minimum atomic E-state index is -0.0886. The van der Waals surface area contributed by atoms with Gasteiger partial charge in [-0.2, -0.15) is 0 Å². The Morgan fingerprint density at radius 3 is 2.52 bits per heavy atom. The Hall–Kier alpha value is -1.00. The summed E-state index contributed by atoms with van der Waals surface area (Å²) in [6, 6.07) is 8.42. The Morgan fingerprint density at radius 1 is 1.29 bits per heavy atom. The number of carbonyl (C=O) groups excluding carboxylic acids is 1. The lowest BCUT2D eigenvalue weighted by atomic mass is 10.1. The predicted molar refractivity (Wildman–Crippen MR) is 89.3 cm³/mol. The summed E-state index contributed by atoms with van der Waals surface area (Å²) < 4.78 is 0. The SMILES string of the molecule is CSc1ccc(C2NC(C)C(=O)N2CCCC(C)C)cc1. The van der Waals surface area contributed by atoms with E-state index in [1.54, 1.807) is 11.8 Å². The molecular weight excluding hydrogens is 280 g/mol. The third-order valence-electron chi connectivity index (χ3n) is 3.99. The van der Waals surface area contributed by atoms with Crippen LogP contribution in [0.5, 0.6) is 0 Å². The van der Waals surface area contributed by atoms with E-state index in [-0.39, 0.29) is 18.1 Å². The van der Waals surface area contributed by atoms with Crippen LogP contribution in [-0.2, 0) is 4.79 Å². The molecule has 0 aromatic heterocycles. The van der Waals surface area contributed by atoms with Crippen molar-refractivity contribution in [2.24, 2.45) is 5.92 Å². The van der Waals surface area contributed by atoms with Crippen molar-refractivity contribution in [3.63, 3.8) is 0 Å². The van der Waals surface area contributed by atoms with Crippen molar-refractivity contribution in [3.8, 4) is 0 Å². The van der Waals surface area contributed by atoms with Crippen LogP contribution in [0.3, 0.4) is 0 Å². The smallest absolute Gasteiger partial charge is 0.241 e. The highest BCUT2D eigenvalue weighted by Gasteiger charge is 2.36. The molecule has 1 aliphatic heterocycles. The summed E-state index contributed by atoms with van der Waals surface area (Å²) in [6.07, 6.45) is 4.33. The Kier molecular flexibility index (Phi) is 5.71. The van der Waals surface area contributed by atoms with Crippen LogP contribution in [0.4, 0.5) is 0 Å². The van der Waals surface area contributed by atoms with Gasteiger partial charge in [0.15, 0.2) is 0 Å². The maximum atomic E-state index is 12.3. The molecular formula is C17H26N2OS. The van der Waals surface area contributed by atoms with Crippen molar-refractivity contribution in [1.29, 1.82) is 0 Å². The molecule has 1 fully saturated rings. The number of nitrogens with zero attached hydrogens (tertiary/aromatic N) is 1. The molecule has 1 saturated heterocycles. The van der Waals surface area contributed by atoms with Gasteiger partial charge in [-0.1, -0.05) is 26.0 Å². The van der Waals surface area contributed by atoms with Crippen LogP contribution in [0.1, 0.15) is 45.3 Å². The molecule has 1 aromatic carbocycles. The van der Waals surface area contributed by atoms with Gasteiger partial charge in [0.25, 0.3) is 0 Å². The highest BCUT2D eigenvalue weighted by Crippen LogP contribution is 2.27. The van der Waals surface area contributed by atoms with E-state index in [1.807, 2.05) is 11.8 Å². The quantitative estimate of drug-likeness (QED) is 0.814.